The highest BCUT2D eigenvalue weighted by atomic mass is 16.5. The van der Waals surface area contributed by atoms with Gasteiger partial charge in [0.05, 0.1) is 12.8 Å². The molecule has 0 atom stereocenters. The van der Waals surface area contributed by atoms with E-state index in [1.54, 1.807) is 6.21 Å². The van der Waals surface area contributed by atoms with Crippen molar-refractivity contribution in [1.29, 1.82) is 0 Å². The standard InChI is InChI=1S/C23H29N3O3/c1-4-5-14-29-20-10-7-9-19(15-20)16-24-26-23(28)13-12-22(27)25-21-11-6-8-17(2)18(21)3/h6-11,15-16H,4-5,12-14H2,1-3H3,(H,25,27)(H,26,28). The van der Waals surface area contributed by atoms with Gasteiger partial charge in [-0.15, -0.1) is 0 Å². The number of nitrogens with zero attached hydrogens (tertiary/aromatic N) is 1. The second-order valence-corrected chi connectivity index (χ2v) is 6.86. The van der Waals surface area contributed by atoms with Crippen molar-refractivity contribution < 1.29 is 14.3 Å². The Balaban J connectivity index is 1.76. The lowest BCUT2D eigenvalue weighted by Gasteiger charge is -2.10. The molecule has 0 unspecified atom stereocenters. The highest BCUT2D eigenvalue weighted by Crippen LogP contribution is 2.18. The van der Waals surface area contributed by atoms with Crippen LogP contribution in [-0.2, 0) is 9.59 Å². The number of benzene rings is 2. The predicted octanol–water partition coefficient (Wildman–Crippen LogP) is 4.35. The fourth-order valence-corrected chi connectivity index (χ4v) is 2.58. The number of rotatable bonds is 10. The van der Waals surface area contributed by atoms with Crippen molar-refractivity contribution in [3.05, 3.63) is 59.2 Å². The van der Waals surface area contributed by atoms with Crippen LogP contribution in [0.3, 0.4) is 0 Å². The van der Waals surface area contributed by atoms with Crippen molar-refractivity contribution in [2.75, 3.05) is 11.9 Å². The number of nitrogens with one attached hydrogen (secondary N) is 2. The number of anilines is 1. The Morgan fingerprint density at radius 3 is 2.62 bits per heavy atom. The number of hydrazone groups is 1. The normalized spacial score (nSPS) is 10.7. The SMILES string of the molecule is CCCCOc1cccc(C=NNC(=O)CCC(=O)Nc2cccc(C)c2C)c1. The number of carbonyl (C=O) groups excluding carboxylic acids is 2. The summed E-state index contributed by atoms with van der Waals surface area (Å²) < 4.78 is 5.65. The molecular weight excluding hydrogens is 366 g/mol. The summed E-state index contributed by atoms with van der Waals surface area (Å²) >= 11 is 0. The molecular formula is C23H29N3O3. The van der Waals surface area contributed by atoms with Gasteiger partial charge in [-0.25, -0.2) is 5.43 Å². The summed E-state index contributed by atoms with van der Waals surface area (Å²) in [5, 5.41) is 6.80. The van der Waals surface area contributed by atoms with Crippen LogP contribution in [0, 0.1) is 13.8 Å². The van der Waals surface area contributed by atoms with Gasteiger partial charge in [0, 0.05) is 18.5 Å². The highest BCUT2D eigenvalue weighted by molar-refractivity contribution is 5.94. The van der Waals surface area contributed by atoms with Gasteiger partial charge in [0.1, 0.15) is 5.75 Å². The molecule has 6 nitrogen and oxygen atoms in total. The maximum absolute atomic E-state index is 12.1. The number of amides is 2. The third-order valence-electron chi connectivity index (χ3n) is 4.49. The molecule has 0 aliphatic rings. The molecule has 0 saturated heterocycles. The molecule has 0 fully saturated rings. The second-order valence-electron chi connectivity index (χ2n) is 6.86. The molecule has 0 aliphatic heterocycles. The zero-order chi connectivity index (χ0) is 21.1. The number of hydrogen-bond donors (Lipinski definition) is 2. The molecule has 0 saturated carbocycles. The molecule has 2 amide bonds. The van der Waals surface area contributed by atoms with Crippen molar-refractivity contribution >= 4 is 23.7 Å². The van der Waals surface area contributed by atoms with Crippen LogP contribution < -0.4 is 15.5 Å². The maximum Gasteiger partial charge on any atom is 0.240 e. The Labute approximate surface area is 172 Å². The van der Waals surface area contributed by atoms with Crippen LogP contribution in [0.15, 0.2) is 47.6 Å². The first kappa shape index (κ1) is 22.1. The summed E-state index contributed by atoms with van der Waals surface area (Å²) in [4.78, 5) is 24.0. The second kappa shape index (κ2) is 11.6. The fourth-order valence-electron chi connectivity index (χ4n) is 2.58. The van der Waals surface area contributed by atoms with E-state index in [2.05, 4.69) is 22.8 Å². The number of carbonyl (C=O) groups is 2. The third kappa shape index (κ3) is 7.78. The Morgan fingerprint density at radius 1 is 1.07 bits per heavy atom. The van der Waals surface area contributed by atoms with Crippen LogP contribution in [0.4, 0.5) is 5.69 Å². The molecule has 0 aromatic heterocycles. The van der Waals surface area contributed by atoms with E-state index >= 15 is 0 Å². The summed E-state index contributed by atoms with van der Waals surface area (Å²) in [7, 11) is 0. The van der Waals surface area contributed by atoms with Gasteiger partial charge in [-0.1, -0.05) is 37.6 Å². The molecule has 2 rings (SSSR count). The predicted molar refractivity (Wildman–Crippen MR) is 116 cm³/mol. The zero-order valence-corrected chi connectivity index (χ0v) is 17.3. The maximum atomic E-state index is 12.1. The molecule has 154 valence electrons. The van der Waals surface area contributed by atoms with E-state index in [4.69, 9.17) is 4.74 Å². The zero-order valence-electron chi connectivity index (χ0n) is 17.3. The first-order chi connectivity index (χ1) is 14.0. The van der Waals surface area contributed by atoms with Crippen LogP contribution in [-0.4, -0.2) is 24.6 Å². The first-order valence-corrected chi connectivity index (χ1v) is 9.90. The van der Waals surface area contributed by atoms with Crippen molar-refractivity contribution in [2.24, 2.45) is 5.10 Å². The number of ether oxygens (including phenoxy) is 1. The van der Waals surface area contributed by atoms with E-state index in [1.807, 2.05) is 56.3 Å². The summed E-state index contributed by atoms with van der Waals surface area (Å²) in [5.41, 5.74) is 6.18. The van der Waals surface area contributed by atoms with Crippen LogP contribution in [0.5, 0.6) is 5.75 Å². The van der Waals surface area contributed by atoms with E-state index < -0.39 is 0 Å². The quantitative estimate of drug-likeness (QED) is 0.356. The van der Waals surface area contributed by atoms with Gasteiger partial charge in [0.15, 0.2) is 0 Å². The Kier molecular flexibility index (Phi) is 8.89. The van der Waals surface area contributed by atoms with Gasteiger partial charge in [0.2, 0.25) is 11.8 Å². The smallest absolute Gasteiger partial charge is 0.240 e. The van der Waals surface area contributed by atoms with Crippen molar-refractivity contribution in [3.8, 4) is 5.75 Å². The minimum atomic E-state index is -0.312. The van der Waals surface area contributed by atoms with E-state index in [9.17, 15) is 9.59 Å². The Bertz CT molecular complexity index is 862. The Morgan fingerprint density at radius 2 is 1.83 bits per heavy atom. The highest BCUT2D eigenvalue weighted by Gasteiger charge is 2.08. The Hall–Kier alpha value is -3.15. The summed E-state index contributed by atoms with van der Waals surface area (Å²) in [6.07, 6.45) is 3.80. The lowest BCUT2D eigenvalue weighted by molar-refractivity contribution is -0.124. The van der Waals surface area contributed by atoms with Gasteiger partial charge >= 0.3 is 0 Å². The average Bonchev–Trinajstić information content (AvgIpc) is 2.70. The number of hydrogen-bond acceptors (Lipinski definition) is 4. The molecule has 0 radical (unpaired) electrons. The van der Waals surface area contributed by atoms with Gasteiger partial charge in [-0.05, 0) is 55.2 Å². The first-order valence-electron chi connectivity index (χ1n) is 9.90. The van der Waals surface area contributed by atoms with Crippen LogP contribution in [0.2, 0.25) is 0 Å². The molecule has 2 aromatic carbocycles. The number of aryl methyl sites for hydroxylation is 1. The molecule has 0 heterocycles. The average molecular weight is 396 g/mol. The molecule has 2 aromatic rings. The van der Waals surface area contributed by atoms with E-state index in [1.165, 1.54) is 0 Å². The summed E-state index contributed by atoms with van der Waals surface area (Å²) in [6.45, 7) is 6.74. The van der Waals surface area contributed by atoms with Crippen LogP contribution in [0.1, 0.15) is 49.3 Å². The lowest BCUT2D eigenvalue weighted by atomic mass is 10.1. The van der Waals surface area contributed by atoms with Crippen LogP contribution >= 0.6 is 0 Å². The molecule has 29 heavy (non-hydrogen) atoms. The minimum Gasteiger partial charge on any atom is -0.494 e. The molecule has 0 bridgehead atoms. The van der Waals surface area contributed by atoms with Gasteiger partial charge in [-0.3, -0.25) is 9.59 Å². The lowest BCUT2D eigenvalue weighted by Crippen LogP contribution is -2.21. The van der Waals surface area contributed by atoms with Crippen molar-refractivity contribution in [3.63, 3.8) is 0 Å². The summed E-state index contributed by atoms with van der Waals surface area (Å²) in [6, 6.07) is 13.2. The molecule has 2 N–H and O–H groups in total. The monoisotopic (exact) mass is 395 g/mol. The third-order valence-corrected chi connectivity index (χ3v) is 4.49. The topological polar surface area (TPSA) is 79.8 Å². The van der Waals surface area contributed by atoms with Crippen LogP contribution in [0.25, 0.3) is 0 Å². The van der Waals surface area contributed by atoms with E-state index in [-0.39, 0.29) is 24.7 Å². The largest absolute Gasteiger partial charge is 0.494 e. The molecule has 0 aliphatic carbocycles. The fraction of sp³-hybridized carbons (Fsp3) is 0.348. The van der Waals surface area contributed by atoms with Crippen molar-refractivity contribution in [2.45, 2.75) is 46.5 Å². The minimum absolute atomic E-state index is 0.0637. The van der Waals surface area contributed by atoms with E-state index in [0.29, 0.717) is 6.61 Å². The number of unbranched alkanes of at least 4 members (excludes halogenated alkanes) is 1. The van der Waals surface area contributed by atoms with Gasteiger partial charge in [0.25, 0.3) is 0 Å². The van der Waals surface area contributed by atoms with E-state index in [0.717, 1.165) is 41.0 Å². The summed E-state index contributed by atoms with van der Waals surface area (Å²) in [5.74, 6) is 0.263. The van der Waals surface area contributed by atoms with Crippen molar-refractivity contribution in [1.82, 2.24) is 5.43 Å². The molecule has 6 heteroatoms. The van der Waals surface area contributed by atoms with Gasteiger partial charge in [-0.2, -0.15) is 5.10 Å². The van der Waals surface area contributed by atoms with Gasteiger partial charge < -0.3 is 10.1 Å². The molecule has 0 spiro atoms.